The number of rotatable bonds is 2. The lowest BCUT2D eigenvalue weighted by atomic mass is 10.1. The van der Waals surface area contributed by atoms with E-state index < -0.39 is 11.9 Å². The molecule has 0 unspecified atom stereocenters. The average molecular weight is 241 g/mol. The van der Waals surface area contributed by atoms with Crippen LogP contribution in [0, 0.1) is 11.3 Å². The third kappa shape index (κ3) is 3.48. The molecule has 0 saturated heterocycles. The van der Waals surface area contributed by atoms with E-state index in [2.05, 4.69) is 5.10 Å². The number of benzene rings is 1. The van der Waals surface area contributed by atoms with Gasteiger partial charge in [0.1, 0.15) is 0 Å². The van der Waals surface area contributed by atoms with Crippen LogP contribution in [0.4, 0.5) is 13.2 Å². The summed E-state index contributed by atoms with van der Waals surface area (Å²) in [5.41, 5.74) is -0.739. The van der Waals surface area contributed by atoms with E-state index in [1.807, 2.05) is 6.07 Å². The van der Waals surface area contributed by atoms with Gasteiger partial charge in [-0.3, -0.25) is 0 Å². The second-order valence-electron chi connectivity index (χ2n) is 3.48. The topological polar surface area (TPSA) is 39.4 Å². The zero-order chi connectivity index (χ0) is 13.1. The molecule has 0 atom stereocenters. The van der Waals surface area contributed by atoms with Gasteiger partial charge in [-0.15, -0.1) is 0 Å². The number of hydrogen-bond donors (Lipinski definition) is 0. The summed E-state index contributed by atoms with van der Waals surface area (Å²) in [6.45, 7) is 0. The number of alkyl halides is 3. The van der Waals surface area contributed by atoms with Crippen molar-refractivity contribution < 1.29 is 13.2 Å². The Hall–Kier alpha value is -2.03. The number of nitrogens with zero attached hydrogens (tertiary/aromatic N) is 3. The Morgan fingerprint density at radius 3 is 2.12 bits per heavy atom. The van der Waals surface area contributed by atoms with E-state index in [1.54, 1.807) is 0 Å². The maximum absolute atomic E-state index is 12.7. The molecule has 0 amide bonds. The highest BCUT2D eigenvalue weighted by atomic mass is 19.4. The fraction of sp³-hybridized carbons (Fsp3) is 0.273. The van der Waals surface area contributed by atoms with Gasteiger partial charge < -0.3 is 5.01 Å². The van der Waals surface area contributed by atoms with E-state index in [9.17, 15) is 13.2 Å². The number of nitriles is 1. The molecule has 0 saturated carbocycles. The van der Waals surface area contributed by atoms with Crippen LogP contribution < -0.4 is 0 Å². The molecule has 3 nitrogen and oxygen atoms in total. The Labute approximate surface area is 96.8 Å². The second kappa shape index (κ2) is 4.87. The van der Waals surface area contributed by atoms with Crippen molar-refractivity contribution in [2.45, 2.75) is 6.18 Å². The fourth-order valence-electron chi connectivity index (χ4n) is 1.18. The zero-order valence-electron chi connectivity index (χ0n) is 9.28. The minimum Gasteiger partial charge on any atom is -0.303 e. The molecule has 1 aromatic rings. The molecular weight excluding hydrogens is 231 g/mol. The van der Waals surface area contributed by atoms with Crippen LogP contribution in [0.2, 0.25) is 0 Å². The van der Waals surface area contributed by atoms with Gasteiger partial charge in [-0.05, 0) is 12.1 Å². The van der Waals surface area contributed by atoms with Gasteiger partial charge >= 0.3 is 6.18 Å². The van der Waals surface area contributed by atoms with Crippen molar-refractivity contribution in [1.82, 2.24) is 5.01 Å². The van der Waals surface area contributed by atoms with Crippen molar-refractivity contribution in [1.29, 1.82) is 5.26 Å². The van der Waals surface area contributed by atoms with Gasteiger partial charge in [0.05, 0.1) is 11.6 Å². The van der Waals surface area contributed by atoms with Crippen LogP contribution in [0.15, 0.2) is 29.4 Å². The zero-order valence-corrected chi connectivity index (χ0v) is 9.28. The SMILES string of the molecule is CN(C)/N=C(/c1ccc(C#N)cc1)C(F)(F)F. The monoisotopic (exact) mass is 241 g/mol. The third-order valence-corrected chi connectivity index (χ3v) is 1.86. The maximum Gasteiger partial charge on any atom is 0.435 e. The summed E-state index contributed by atoms with van der Waals surface area (Å²) in [5.74, 6) is 0. The minimum absolute atomic E-state index is 0.0646. The lowest BCUT2D eigenvalue weighted by molar-refractivity contribution is -0.0591. The Morgan fingerprint density at radius 1 is 1.24 bits per heavy atom. The highest BCUT2D eigenvalue weighted by molar-refractivity contribution is 6.04. The highest BCUT2D eigenvalue weighted by Gasteiger charge is 2.37. The van der Waals surface area contributed by atoms with Gasteiger partial charge in [0, 0.05) is 19.7 Å². The fourth-order valence-corrected chi connectivity index (χ4v) is 1.18. The van der Waals surface area contributed by atoms with Crippen LogP contribution >= 0.6 is 0 Å². The lowest BCUT2D eigenvalue weighted by Gasteiger charge is -2.13. The Morgan fingerprint density at radius 2 is 1.76 bits per heavy atom. The Bertz CT molecular complexity index is 452. The molecule has 0 N–H and O–H groups in total. The van der Waals surface area contributed by atoms with Crippen LogP contribution in [0.1, 0.15) is 11.1 Å². The molecule has 0 aromatic heterocycles. The number of hydrazone groups is 1. The summed E-state index contributed by atoms with van der Waals surface area (Å²) < 4.78 is 38.2. The first-order valence-corrected chi connectivity index (χ1v) is 4.68. The standard InChI is InChI=1S/C11H10F3N3/c1-17(2)16-10(11(12,13)14)9-5-3-8(7-15)4-6-9/h3-6H,1-2H3/b16-10-. The first-order valence-electron chi connectivity index (χ1n) is 4.68. The van der Waals surface area contributed by atoms with Crippen molar-refractivity contribution >= 4 is 5.71 Å². The molecule has 1 aromatic carbocycles. The van der Waals surface area contributed by atoms with E-state index in [1.165, 1.54) is 38.4 Å². The summed E-state index contributed by atoms with van der Waals surface area (Å²) in [6, 6.07) is 6.95. The van der Waals surface area contributed by atoms with E-state index in [0.717, 1.165) is 5.01 Å². The normalized spacial score (nSPS) is 12.1. The third-order valence-electron chi connectivity index (χ3n) is 1.86. The van der Waals surface area contributed by atoms with E-state index >= 15 is 0 Å². The first-order chi connectivity index (χ1) is 7.84. The van der Waals surface area contributed by atoms with Crippen LogP contribution in [0.3, 0.4) is 0 Å². The molecular formula is C11H10F3N3. The van der Waals surface area contributed by atoms with Gasteiger partial charge in [-0.25, -0.2) is 0 Å². The van der Waals surface area contributed by atoms with Crippen molar-refractivity contribution in [3.8, 4) is 6.07 Å². The van der Waals surface area contributed by atoms with Crippen LogP contribution in [-0.2, 0) is 0 Å². The summed E-state index contributed by atoms with van der Waals surface area (Å²) in [5, 5.41) is 13.1. The molecule has 17 heavy (non-hydrogen) atoms. The van der Waals surface area contributed by atoms with Crippen molar-refractivity contribution in [3.05, 3.63) is 35.4 Å². The second-order valence-corrected chi connectivity index (χ2v) is 3.48. The predicted octanol–water partition coefficient (Wildman–Crippen LogP) is 2.39. The maximum atomic E-state index is 12.7. The molecule has 0 aliphatic rings. The first kappa shape index (κ1) is 13.0. The van der Waals surface area contributed by atoms with Gasteiger partial charge in [0.25, 0.3) is 0 Å². The van der Waals surface area contributed by atoms with Gasteiger partial charge in [0.2, 0.25) is 0 Å². The molecule has 0 bridgehead atoms. The molecule has 90 valence electrons. The quantitative estimate of drug-likeness (QED) is 0.589. The minimum atomic E-state index is -4.53. The van der Waals surface area contributed by atoms with Crippen LogP contribution in [-0.4, -0.2) is 31.0 Å². The van der Waals surface area contributed by atoms with Crippen molar-refractivity contribution in [3.63, 3.8) is 0 Å². The molecule has 0 aliphatic heterocycles. The molecule has 0 radical (unpaired) electrons. The summed E-state index contributed by atoms with van der Waals surface area (Å²) in [4.78, 5) is 0. The van der Waals surface area contributed by atoms with Gasteiger partial charge in [0.15, 0.2) is 5.71 Å². The van der Waals surface area contributed by atoms with Crippen LogP contribution in [0.5, 0.6) is 0 Å². The van der Waals surface area contributed by atoms with Crippen LogP contribution in [0.25, 0.3) is 0 Å². The summed E-state index contributed by atoms with van der Waals surface area (Å²) >= 11 is 0. The summed E-state index contributed by atoms with van der Waals surface area (Å²) in [7, 11) is 2.82. The lowest BCUT2D eigenvalue weighted by Crippen LogP contribution is -2.26. The molecule has 0 heterocycles. The van der Waals surface area contributed by atoms with E-state index in [-0.39, 0.29) is 5.56 Å². The Kier molecular flexibility index (Phi) is 3.73. The smallest absolute Gasteiger partial charge is 0.303 e. The Balaban J connectivity index is 3.20. The van der Waals surface area contributed by atoms with Crippen molar-refractivity contribution in [2.24, 2.45) is 5.10 Å². The van der Waals surface area contributed by atoms with Crippen molar-refractivity contribution in [2.75, 3.05) is 14.1 Å². The molecule has 0 aliphatic carbocycles. The average Bonchev–Trinajstić information content (AvgIpc) is 2.24. The molecule has 0 fully saturated rings. The number of halogens is 3. The number of hydrogen-bond acceptors (Lipinski definition) is 3. The van der Waals surface area contributed by atoms with E-state index in [0.29, 0.717) is 5.56 Å². The van der Waals surface area contributed by atoms with E-state index in [4.69, 9.17) is 5.26 Å². The molecule has 1 rings (SSSR count). The predicted molar refractivity (Wildman–Crippen MR) is 57.4 cm³/mol. The largest absolute Gasteiger partial charge is 0.435 e. The molecule has 0 spiro atoms. The molecule has 6 heteroatoms. The van der Waals surface area contributed by atoms with Gasteiger partial charge in [-0.1, -0.05) is 12.1 Å². The summed E-state index contributed by atoms with van der Waals surface area (Å²) in [6.07, 6.45) is -4.53. The highest BCUT2D eigenvalue weighted by Crippen LogP contribution is 2.23. The van der Waals surface area contributed by atoms with Gasteiger partial charge in [-0.2, -0.15) is 23.5 Å².